The molecule has 2 aromatic rings. The summed E-state index contributed by atoms with van der Waals surface area (Å²) >= 11 is 0. The van der Waals surface area contributed by atoms with Crippen molar-refractivity contribution < 1.29 is 4.74 Å². The van der Waals surface area contributed by atoms with E-state index < -0.39 is 0 Å². The molecule has 0 fully saturated rings. The number of nitrogens with zero attached hydrogens (tertiary/aromatic N) is 1. The number of hydrogen-bond donors (Lipinski definition) is 1. The van der Waals surface area contributed by atoms with Crippen molar-refractivity contribution in [2.24, 2.45) is 0 Å². The molecule has 19 heavy (non-hydrogen) atoms. The lowest BCUT2D eigenvalue weighted by Crippen LogP contribution is -2.14. The minimum Gasteiger partial charge on any atom is -0.492 e. The molecule has 0 bridgehead atoms. The highest BCUT2D eigenvalue weighted by atomic mass is 16.5. The first kappa shape index (κ1) is 11.9. The highest BCUT2D eigenvalue weighted by Crippen LogP contribution is 2.32. The van der Waals surface area contributed by atoms with Gasteiger partial charge in [0.05, 0.1) is 12.3 Å². The van der Waals surface area contributed by atoms with Crippen molar-refractivity contribution >= 4 is 11.4 Å². The van der Waals surface area contributed by atoms with Crippen LogP contribution in [0.5, 0.6) is 5.75 Å². The Balaban J connectivity index is 1.87. The number of nitrogens with two attached hydrogens (primary N) is 1. The van der Waals surface area contributed by atoms with Crippen molar-refractivity contribution in [2.75, 3.05) is 17.2 Å². The second kappa shape index (κ2) is 4.84. The fraction of sp³-hybridized carbons (Fsp3) is 0.250. The lowest BCUT2D eigenvalue weighted by Gasteiger charge is -2.19. The predicted molar refractivity (Wildman–Crippen MR) is 78.4 cm³/mol. The molecule has 0 saturated heterocycles. The number of rotatable bonds is 3. The lowest BCUT2D eigenvalue weighted by molar-refractivity contribution is 0.342. The molecule has 3 rings (SSSR count). The Hall–Kier alpha value is -2.16. The molecule has 2 aromatic carbocycles. The van der Waals surface area contributed by atoms with Gasteiger partial charge in [0.25, 0.3) is 0 Å². The molecule has 3 heteroatoms. The molecular weight excluding hydrogens is 236 g/mol. The summed E-state index contributed by atoms with van der Waals surface area (Å²) < 4.78 is 5.56. The molecule has 3 nitrogen and oxygen atoms in total. The van der Waals surface area contributed by atoms with Gasteiger partial charge in [0, 0.05) is 24.8 Å². The van der Waals surface area contributed by atoms with Crippen LogP contribution in [0.3, 0.4) is 0 Å². The first-order chi connectivity index (χ1) is 9.28. The van der Waals surface area contributed by atoms with Crippen LogP contribution >= 0.6 is 0 Å². The van der Waals surface area contributed by atoms with Crippen molar-refractivity contribution in [3.63, 3.8) is 0 Å². The zero-order valence-electron chi connectivity index (χ0n) is 11.1. The third-order valence-electron chi connectivity index (χ3n) is 3.50. The monoisotopic (exact) mass is 254 g/mol. The van der Waals surface area contributed by atoms with E-state index in [4.69, 9.17) is 10.5 Å². The Morgan fingerprint density at radius 2 is 1.79 bits per heavy atom. The second-order valence-corrected chi connectivity index (χ2v) is 4.78. The Kier molecular flexibility index (Phi) is 3.03. The minimum atomic E-state index is 0.633. The molecule has 0 amide bonds. The maximum atomic E-state index is 5.91. The molecule has 0 radical (unpaired) electrons. The van der Waals surface area contributed by atoms with E-state index in [1.54, 1.807) is 0 Å². The standard InChI is InChI=1S/C16H18N2O/c1-2-19-16-9-14(7-8-15(16)17)18-10-12-5-3-4-6-13(12)11-18/h3-9H,2,10-11,17H2,1H3. The Labute approximate surface area is 113 Å². The van der Waals surface area contributed by atoms with Crippen LogP contribution in [0.2, 0.25) is 0 Å². The number of ether oxygens (including phenoxy) is 1. The van der Waals surface area contributed by atoms with Crippen molar-refractivity contribution in [3.8, 4) is 5.75 Å². The number of fused-ring (bicyclic) bond motifs is 1. The van der Waals surface area contributed by atoms with E-state index in [0.717, 1.165) is 24.5 Å². The number of hydrogen-bond acceptors (Lipinski definition) is 3. The van der Waals surface area contributed by atoms with Crippen LogP contribution in [-0.4, -0.2) is 6.61 Å². The topological polar surface area (TPSA) is 38.5 Å². The van der Waals surface area contributed by atoms with Crippen molar-refractivity contribution in [3.05, 3.63) is 53.6 Å². The first-order valence-corrected chi connectivity index (χ1v) is 6.62. The van der Waals surface area contributed by atoms with E-state index >= 15 is 0 Å². The van der Waals surface area contributed by atoms with E-state index in [9.17, 15) is 0 Å². The zero-order valence-corrected chi connectivity index (χ0v) is 11.1. The van der Waals surface area contributed by atoms with Crippen LogP contribution in [0.1, 0.15) is 18.1 Å². The van der Waals surface area contributed by atoms with Gasteiger partial charge in [-0.05, 0) is 30.2 Å². The van der Waals surface area contributed by atoms with Crippen molar-refractivity contribution in [1.82, 2.24) is 0 Å². The van der Waals surface area contributed by atoms with Gasteiger partial charge in [-0.15, -0.1) is 0 Å². The van der Waals surface area contributed by atoms with Gasteiger partial charge in [-0.2, -0.15) is 0 Å². The number of nitrogen functional groups attached to an aromatic ring is 1. The summed E-state index contributed by atoms with van der Waals surface area (Å²) in [6, 6.07) is 14.6. The van der Waals surface area contributed by atoms with E-state index in [1.165, 1.54) is 11.1 Å². The van der Waals surface area contributed by atoms with Gasteiger partial charge in [0.1, 0.15) is 5.75 Å². The first-order valence-electron chi connectivity index (χ1n) is 6.62. The number of benzene rings is 2. The van der Waals surface area contributed by atoms with Gasteiger partial charge in [0.2, 0.25) is 0 Å². The molecular formula is C16H18N2O. The van der Waals surface area contributed by atoms with Crippen LogP contribution in [0, 0.1) is 0 Å². The van der Waals surface area contributed by atoms with Crippen LogP contribution in [-0.2, 0) is 13.1 Å². The van der Waals surface area contributed by atoms with Crippen LogP contribution in [0.4, 0.5) is 11.4 Å². The van der Waals surface area contributed by atoms with Gasteiger partial charge >= 0.3 is 0 Å². The summed E-state index contributed by atoms with van der Waals surface area (Å²) in [5.74, 6) is 0.774. The zero-order chi connectivity index (χ0) is 13.2. The summed E-state index contributed by atoms with van der Waals surface area (Å²) in [5, 5.41) is 0. The molecule has 1 aliphatic heterocycles. The average Bonchev–Trinajstić information content (AvgIpc) is 2.85. The second-order valence-electron chi connectivity index (χ2n) is 4.78. The quantitative estimate of drug-likeness (QED) is 0.855. The van der Waals surface area contributed by atoms with Gasteiger partial charge < -0.3 is 15.4 Å². The minimum absolute atomic E-state index is 0.633. The lowest BCUT2D eigenvalue weighted by atomic mass is 10.1. The molecule has 0 aliphatic carbocycles. The summed E-state index contributed by atoms with van der Waals surface area (Å²) in [6.07, 6.45) is 0. The smallest absolute Gasteiger partial charge is 0.144 e. The molecule has 1 aliphatic rings. The largest absolute Gasteiger partial charge is 0.492 e. The predicted octanol–water partition coefficient (Wildman–Crippen LogP) is 3.19. The highest BCUT2D eigenvalue weighted by molar-refractivity contribution is 5.63. The van der Waals surface area contributed by atoms with Crippen molar-refractivity contribution in [2.45, 2.75) is 20.0 Å². The molecule has 0 saturated carbocycles. The Morgan fingerprint density at radius 3 is 2.42 bits per heavy atom. The molecule has 1 heterocycles. The normalized spacial score (nSPS) is 13.4. The SMILES string of the molecule is CCOc1cc(N2Cc3ccccc3C2)ccc1N. The molecule has 0 unspecified atom stereocenters. The molecule has 0 spiro atoms. The summed E-state index contributed by atoms with van der Waals surface area (Å²) in [6.45, 7) is 4.50. The fourth-order valence-electron chi connectivity index (χ4n) is 2.52. The molecule has 2 N–H and O–H groups in total. The van der Waals surface area contributed by atoms with E-state index in [-0.39, 0.29) is 0 Å². The van der Waals surface area contributed by atoms with Crippen LogP contribution in [0.15, 0.2) is 42.5 Å². The van der Waals surface area contributed by atoms with E-state index in [2.05, 4.69) is 35.2 Å². The maximum absolute atomic E-state index is 5.91. The van der Waals surface area contributed by atoms with Gasteiger partial charge in [-0.1, -0.05) is 24.3 Å². The third kappa shape index (κ3) is 2.24. The Morgan fingerprint density at radius 1 is 1.11 bits per heavy atom. The van der Waals surface area contributed by atoms with E-state index in [0.29, 0.717) is 12.3 Å². The maximum Gasteiger partial charge on any atom is 0.144 e. The van der Waals surface area contributed by atoms with Gasteiger partial charge in [-0.3, -0.25) is 0 Å². The molecule has 98 valence electrons. The van der Waals surface area contributed by atoms with Gasteiger partial charge in [-0.25, -0.2) is 0 Å². The van der Waals surface area contributed by atoms with E-state index in [1.807, 2.05) is 19.1 Å². The summed E-state index contributed by atoms with van der Waals surface area (Å²) in [4.78, 5) is 2.34. The average molecular weight is 254 g/mol. The highest BCUT2D eigenvalue weighted by Gasteiger charge is 2.19. The summed E-state index contributed by atoms with van der Waals surface area (Å²) in [5.41, 5.74) is 10.6. The Bertz CT molecular complexity index is 570. The van der Waals surface area contributed by atoms with Crippen molar-refractivity contribution in [1.29, 1.82) is 0 Å². The molecule has 0 atom stereocenters. The van der Waals surface area contributed by atoms with Gasteiger partial charge in [0.15, 0.2) is 0 Å². The van der Waals surface area contributed by atoms with Crippen LogP contribution < -0.4 is 15.4 Å². The number of anilines is 2. The third-order valence-corrected chi connectivity index (χ3v) is 3.50. The van der Waals surface area contributed by atoms with Crippen LogP contribution in [0.25, 0.3) is 0 Å². The molecule has 0 aromatic heterocycles. The fourth-order valence-corrected chi connectivity index (χ4v) is 2.52. The summed E-state index contributed by atoms with van der Waals surface area (Å²) in [7, 11) is 0.